The fourth-order valence-corrected chi connectivity index (χ4v) is 3.76. The van der Waals surface area contributed by atoms with Gasteiger partial charge in [0.05, 0.1) is 0 Å². The molecule has 0 heterocycles. The molecule has 0 nitrogen and oxygen atoms in total. The van der Waals surface area contributed by atoms with Gasteiger partial charge in [0, 0.05) is 0 Å². The zero-order valence-electron chi connectivity index (χ0n) is 17.3. The summed E-state index contributed by atoms with van der Waals surface area (Å²) in [5.41, 5.74) is 9.43. The second-order valence-corrected chi connectivity index (χ2v) is 6.90. The van der Waals surface area contributed by atoms with Gasteiger partial charge in [-0.25, -0.2) is 5.57 Å². The second-order valence-electron chi connectivity index (χ2n) is 6.90. The van der Waals surface area contributed by atoms with E-state index in [9.17, 15) is 0 Å². The molecule has 0 aromatic heterocycles. The van der Waals surface area contributed by atoms with E-state index in [4.69, 9.17) is 0 Å². The van der Waals surface area contributed by atoms with Crippen LogP contribution < -0.4 is 24.8 Å². The third-order valence-electron chi connectivity index (χ3n) is 4.97. The summed E-state index contributed by atoms with van der Waals surface area (Å²) in [6.07, 6.45) is 6.71. The van der Waals surface area contributed by atoms with Crippen LogP contribution in [-0.2, 0) is 30.7 Å². The topological polar surface area (TPSA) is 0 Å². The predicted molar refractivity (Wildman–Crippen MR) is 117 cm³/mol. The molecule has 3 heteroatoms. The summed E-state index contributed by atoms with van der Waals surface area (Å²) in [6.45, 7) is 4.29. The van der Waals surface area contributed by atoms with Gasteiger partial charge in [0.25, 0.3) is 0 Å². The largest absolute Gasteiger partial charge is 1.00 e. The molecule has 0 amide bonds. The Morgan fingerprint density at radius 1 is 0.867 bits per heavy atom. The van der Waals surface area contributed by atoms with Crippen LogP contribution in [0, 0.1) is 18.1 Å². The number of allylic oxidation sites excluding steroid dienone is 4. The molecule has 3 aromatic carbocycles. The van der Waals surface area contributed by atoms with Gasteiger partial charge in [-0.05, 0) is 6.42 Å². The van der Waals surface area contributed by atoms with E-state index < -0.39 is 0 Å². The van der Waals surface area contributed by atoms with Gasteiger partial charge in [-0.3, -0.25) is 6.08 Å². The van der Waals surface area contributed by atoms with E-state index in [0.717, 1.165) is 6.42 Å². The Kier molecular flexibility index (Phi) is 11.5. The van der Waals surface area contributed by atoms with Crippen molar-refractivity contribution in [2.75, 3.05) is 0 Å². The van der Waals surface area contributed by atoms with Crippen molar-refractivity contribution in [3.8, 4) is 11.1 Å². The Hall–Kier alpha value is -1.53. The molecule has 1 unspecified atom stereocenters. The number of fused-ring (bicyclic) bond motifs is 3. The van der Waals surface area contributed by atoms with Crippen molar-refractivity contribution in [2.45, 2.75) is 20.3 Å². The fraction of sp³-hybridized carbons (Fsp3) is 0.148. The van der Waals surface area contributed by atoms with E-state index in [1.807, 2.05) is 12.1 Å². The summed E-state index contributed by atoms with van der Waals surface area (Å²) in [6, 6.07) is 28.6. The SMILES string of the molecule is CC1=[C-]C(C)C=C1c1ccccc1.[CH2]=[Zr+2].[Cl-].[Cl-].[c-]1cccc2c1Cc1ccccc1-2. The molecule has 0 spiro atoms. The van der Waals surface area contributed by atoms with Crippen LogP contribution in [0.25, 0.3) is 16.7 Å². The van der Waals surface area contributed by atoms with Gasteiger partial charge in [-0.2, -0.15) is 41.5 Å². The molecule has 30 heavy (non-hydrogen) atoms. The molecular formula is C27H24Cl2Zr-2. The first-order chi connectivity index (χ1) is 13.7. The minimum atomic E-state index is 0. The minimum absolute atomic E-state index is 0. The Morgan fingerprint density at radius 2 is 1.50 bits per heavy atom. The number of rotatable bonds is 1. The summed E-state index contributed by atoms with van der Waals surface area (Å²) in [7, 11) is 0. The Bertz CT molecular complexity index is 963. The Labute approximate surface area is 208 Å². The monoisotopic (exact) mass is 508 g/mol. The third-order valence-corrected chi connectivity index (χ3v) is 4.97. The summed E-state index contributed by atoms with van der Waals surface area (Å²) >= 11 is 1.30. The first-order valence-electron chi connectivity index (χ1n) is 9.53. The zero-order chi connectivity index (χ0) is 19.9. The quantitative estimate of drug-likeness (QED) is 0.328. The standard InChI is InChI=1S/C13H9.C13H13.CH2.2ClH.Zr/c1-3-7-12-10(5-1)9-11-6-2-4-8-13(11)12;1-10-8-11(2)13(9-10)12-6-4-3-5-7-12;;;;/h1-5,7-8H,9H2;3-7,9-10H,1-2H3;1H2;2*1H;/q2*-1;;;;+2/p-2. The van der Waals surface area contributed by atoms with E-state index >= 15 is 0 Å². The van der Waals surface area contributed by atoms with Gasteiger partial charge in [-0.15, -0.1) is 11.1 Å². The summed E-state index contributed by atoms with van der Waals surface area (Å²) in [4.78, 5) is 0. The molecule has 0 saturated heterocycles. The zero-order valence-corrected chi connectivity index (χ0v) is 21.2. The van der Waals surface area contributed by atoms with Crippen molar-refractivity contribution < 1.29 is 49.0 Å². The predicted octanol–water partition coefficient (Wildman–Crippen LogP) is 0.500. The number of hydrogen-bond donors (Lipinski definition) is 0. The average Bonchev–Trinajstić information content (AvgIpc) is 3.30. The van der Waals surface area contributed by atoms with Crippen molar-refractivity contribution in [1.82, 2.24) is 0 Å². The van der Waals surface area contributed by atoms with Crippen LogP contribution in [0.1, 0.15) is 30.5 Å². The minimum Gasteiger partial charge on any atom is -1.00 e. The first-order valence-corrected chi connectivity index (χ1v) is 11.3. The molecule has 0 saturated carbocycles. The maximum Gasteiger partial charge on any atom is -0.0253 e. The van der Waals surface area contributed by atoms with E-state index in [-0.39, 0.29) is 24.8 Å². The first kappa shape index (κ1) is 26.5. The van der Waals surface area contributed by atoms with Crippen molar-refractivity contribution in [2.24, 2.45) is 5.92 Å². The Balaban J connectivity index is 0.000000261. The summed E-state index contributed by atoms with van der Waals surface area (Å²) in [5, 5.41) is 0. The molecule has 2 aliphatic carbocycles. The van der Waals surface area contributed by atoms with Crippen molar-refractivity contribution in [3.63, 3.8) is 0 Å². The van der Waals surface area contributed by atoms with Crippen LogP contribution in [0.2, 0.25) is 0 Å². The van der Waals surface area contributed by atoms with Crippen molar-refractivity contribution in [1.29, 1.82) is 0 Å². The molecule has 2 aliphatic rings. The smallest absolute Gasteiger partial charge is 0.0253 e. The second kappa shape index (κ2) is 13.0. The van der Waals surface area contributed by atoms with Gasteiger partial charge in [0.1, 0.15) is 0 Å². The third kappa shape index (κ3) is 6.24. The van der Waals surface area contributed by atoms with Crippen LogP contribution in [0.3, 0.4) is 0 Å². The van der Waals surface area contributed by atoms with E-state index in [0.29, 0.717) is 5.92 Å². The van der Waals surface area contributed by atoms with Gasteiger partial charge in [0.2, 0.25) is 0 Å². The van der Waals surface area contributed by atoms with E-state index in [1.54, 1.807) is 0 Å². The number of halogens is 2. The Morgan fingerprint density at radius 3 is 2.17 bits per heavy atom. The average molecular weight is 511 g/mol. The van der Waals surface area contributed by atoms with Crippen molar-refractivity contribution >= 4 is 9.78 Å². The molecule has 0 radical (unpaired) electrons. The van der Waals surface area contributed by atoms with Gasteiger partial charge in [-0.1, -0.05) is 85.5 Å². The molecule has 0 bridgehead atoms. The molecular weight excluding hydrogens is 486 g/mol. The van der Waals surface area contributed by atoms with Crippen LogP contribution in [0.5, 0.6) is 0 Å². The fourth-order valence-electron chi connectivity index (χ4n) is 3.76. The maximum absolute atomic E-state index is 3.39. The van der Waals surface area contributed by atoms with Crippen LogP contribution in [0.4, 0.5) is 0 Å². The van der Waals surface area contributed by atoms with Gasteiger partial charge in [0.15, 0.2) is 0 Å². The molecule has 0 fully saturated rings. The van der Waals surface area contributed by atoms with Crippen molar-refractivity contribution in [3.05, 3.63) is 113 Å². The number of benzene rings is 3. The van der Waals surface area contributed by atoms with E-state index in [1.165, 1.54) is 63.2 Å². The molecule has 0 N–H and O–H groups in total. The van der Waals surface area contributed by atoms with Crippen LogP contribution in [0.15, 0.2) is 84.4 Å². The maximum atomic E-state index is 3.39. The van der Waals surface area contributed by atoms with Gasteiger partial charge < -0.3 is 24.8 Å². The summed E-state index contributed by atoms with van der Waals surface area (Å²) < 4.78 is 3.34. The van der Waals surface area contributed by atoms with Crippen LogP contribution >= 0.6 is 0 Å². The molecule has 1 atom stereocenters. The summed E-state index contributed by atoms with van der Waals surface area (Å²) in [5.74, 6) is 0.468. The molecule has 152 valence electrons. The molecule has 5 rings (SSSR count). The van der Waals surface area contributed by atoms with E-state index in [2.05, 4.69) is 96.9 Å². The molecule has 3 aromatic rings. The van der Waals surface area contributed by atoms with Gasteiger partial charge >= 0.3 is 28.4 Å². The normalized spacial score (nSPS) is 14.7. The number of hydrogen-bond acceptors (Lipinski definition) is 0. The van der Waals surface area contributed by atoms with Crippen LogP contribution in [-0.4, -0.2) is 4.21 Å². The molecule has 0 aliphatic heterocycles.